The van der Waals surface area contributed by atoms with Crippen LogP contribution in [0.5, 0.6) is 11.5 Å². The Kier molecular flexibility index (Phi) is 5.90. The number of hydrogen-bond donors (Lipinski definition) is 2. The molecule has 0 unspecified atom stereocenters. The minimum atomic E-state index is -0.181. The quantitative estimate of drug-likeness (QED) is 0.757. The zero-order valence-electron chi connectivity index (χ0n) is 14.0. The van der Waals surface area contributed by atoms with E-state index in [-0.39, 0.29) is 17.6 Å². The molecule has 0 radical (unpaired) electrons. The highest BCUT2D eigenvalue weighted by atomic mass is 35.5. The Labute approximate surface area is 160 Å². The lowest BCUT2D eigenvalue weighted by molar-refractivity contribution is -0.114. The number of hydrogen-bond acceptors (Lipinski definition) is 5. The summed E-state index contributed by atoms with van der Waals surface area (Å²) in [6.45, 7) is 2.40. The van der Waals surface area contributed by atoms with Gasteiger partial charge in [0.05, 0.1) is 16.5 Å². The van der Waals surface area contributed by atoms with Crippen molar-refractivity contribution < 1.29 is 19.1 Å². The number of anilines is 2. The first kappa shape index (κ1) is 18.4. The van der Waals surface area contributed by atoms with E-state index in [1.54, 1.807) is 24.3 Å². The summed E-state index contributed by atoms with van der Waals surface area (Å²) in [7, 11) is 0. The molecule has 2 N–H and O–H groups in total. The van der Waals surface area contributed by atoms with Gasteiger partial charge in [0.15, 0.2) is 11.5 Å². The van der Waals surface area contributed by atoms with Gasteiger partial charge in [0, 0.05) is 29.6 Å². The van der Waals surface area contributed by atoms with Gasteiger partial charge in [0.1, 0.15) is 13.2 Å². The molecule has 0 aromatic heterocycles. The Morgan fingerprint density at radius 3 is 2.38 bits per heavy atom. The summed E-state index contributed by atoms with van der Waals surface area (Å²) in [6.07, 6.45) is 0. The maximum Gasteiger partial charge on any atom is 0.234 e. The van der Waals surface area contributed by atoms with Gasteiger partial charge in [-0.05, 0) is 24.3 Å². The molecule has 1 aliphatic heterocycles. The van der Waals surface area contributed by atoms with Gasteiger partial charge in [0.25, 0.3) is 0 Å². The third-order valence-electron chi connectivity index (χ3n) is 3.45. The first-order valence-electron chi connectivity index (χ1n) is 7.91. The molecule has 0 aliphatic carbocycles. The summed E-state index contributed by atoms with van der Waals surface area (Å²) < 4.78 is 10.9. The summed E-state index contributed by atoms with van der Waals surface area (Å²) in [4.78, 5) is 24.1. The number of fused-ring (bicyclic) bond motifs is 1. The third-order valence-corrected chi connectivity index (χ3v) is 4.78. The van der Waals surface area contributed by atoms with E-state index in [9.17, 15) is 9.59 Å². The molecule has 0 atom stereocenters. The van der Waals surface area contributed by atoms with Gasteiger partial charge in [-0.2, -0.15) is 0 Å². The summed E-state index contributed by atoms with van der Waals surface area (Å²) in [5, 5.41) is 5.88. The van der Waals surface area contributed by atoms with Crippen molar-refractivity contribution in [1.82, 2.24) is 0 Å². The highest BCUT2D eigenvalue weighted by molar-refractivity contribution is 8.00. The summed E-state index contributed by atoms with van der Waals surface area (Å²) >= 11 is 7.58. The summed E-state index contributed by atoms with van der Waals surface area (Å²) in [6, 6.07) is 10.6. The van der Waals surface area contributed by atoms with Crippen LogP contribution in [0.4, 0.5) is 11.4 Å². The lowest BCUT2D eigenvalue weighted by Crippen LogP contribution is -2.17. The fourth-order valence-corrected chi connectivity index (χ4v) is 3.23. The molecule has 2 amide bonds. The van der Waals surface area contributed by atoms with Gasteiger partial charge in [-0.25, -0.2) is 0 Å². The fraction of sp³-hybridized carbons (Fsp3) is 0.222. The smallest absolute Gasteiger partial charge is 0.234 e. The van der Waals surface area contributed by atoms with Crippen LogP contribution in [0.15, 0.2) is 41.3 Å². The number of carbonyl (C=O) groups is 2. The van der Waals surface area contributed by atoms with Crippen molar-refractivity contribution >= 4 is 46.6 Å². The number of rotatable bonds is 5. The normalized spacial score (nSPS) is 12.4. The molecule has 26 heavy (non-hydrogen) atoms. The van der Waals surface area contributed by atoms with Crippen LogP contribution in [-0.2, 0) is 9.59 Å². The predicted molar refractivity (Wildman–Crippen MR) is 103 cm³/mol. The average Bonchev–Trinajstić information content (AvgIpc) is 2.61. The van der Waals surface area contributed by atoms with E-state index in [1.807, 2.05) is 12.1 Å². The van der Waals surface area contributed by atoms with Gasteiger partial charge in [-0.3, -0.25) is 9.59 Å². The van der Waals surface area contributed by atoms with Crippen molar-refractivity contribution in [2.75, 3.05) is 29.6 Å². The lowest BCUT2D eigenvalue weighted by Gasteiger charge is -2.20. The molecular formula is C18H17ClN2O4S. The van der Waals surface area contributed by atoms with Crippen LogP contribution in [0.25, 0.3) is 0 Å². The second kappa shape index (κ2) is 8.33. The molecule has 1 heterocycles. The maximum absolute atomic E-state index is 12.2. The lowest BCUT2D eigenvalue weighted by atomic mass is 10.2. The Hall–Kier alpha value is -2.38. The van der Waals surface area contributed by atoms with E-state index >= 15 is 0 Å². The third kappa shape index (κ3) is 4.83. The van der Waals surface area contributed by atoms with Crippen molar-refractivity contribution in [3.8, 4) is 11.5 Å². The van der Waals surface area contributed by atoms with E-state index in [1.165, 1.54) is 18.7 Å². The number of ether oxygens (including phenoxy) is 2. The number of amides is 2. The summed E-state index contributed by atoms with van der Waals surface area (Å²) in [5.41, 5.74) is 1.21. The van der Waals surface area contributed by atoms with Gasteiger partial charge < -0.3 is 20.1 Å². The van der Waals surface area contributed by atoms with Crippen molar-refractivity contribution in [1.29, 1.82) is 0 Å². The van der Waals surface area contributed by atoms with Crippen LogP contribution in [0.1, 0.15) is 6.92 Å². The van der Waals surface area contributed by atoms with Crippen molar-refractivity contribution in [3.05, 3.63) is 41.4 Å². The average molecular weight is 393 g/mol. The minimum Gasteiger partial charge on any atom is -0.486 e. The number of benzene rings is 2. The molecule has 1 aliphatic rings. The van der Waals surface area contributed by atoms with E-state index in [2.05, 4.69) is 10.6 Å². The molecular weight excluding hydrogens is 376 g/mol. The molecule has 8 heteroatoms. The highest BCUT2D eigenvalue weighted by Crippen LogP contribution is 2.38. The molecule has 2 aromatic rings. The van der Waals surface area contributed by atoms with Crippen LogP contribution < -0.4 is 20.1 Å². The number of nitrogens with one attached hydrogen (secondary N) is 2. The molecule has 0 spiro atoms. The van der Waals surface area contributed by atoms with Crippen LogP contribution >= 0.6 is 23.4 Å². The number of halogens is 1. The molecule has 2 aromatic carbocycles. The largest absolute Gasteiger partial charge is 0.486 e. The molecule has 0 saturated carbocycles. The second-order valence-corrected chi connectivity index (χ2v) is 6.97. The van der Waals surface area contributed by atoms with E-state index in [4.69, 9.17) is 21.1 Å². The van der Waals surface area contributed by atoms with Crippen molar-refractivity contribution in [2.45, 2.75) is 11.8 Å². The fourth-order valence-electron chi connectivity index (χ4n) is 2.33. The molecule has 0 saturated heterocycles. The maximum atomic E-state index is 12.2. The van der Waals surface area contributed by atoms with Crippen LogP contribution in [-0.4, -0.2) is 30.8 Å². The number of thioether (sulfide) groups is 1. The molecule has 0 bridgehead atoms. The van der Waals surface area contributed by atoms with E-state index in [0.29, 0.717) is 35.4 Å². The zero-order valence-corrected chi connectivity index (χ0v) is 15.6. The first-order valence-corrected chi connectivity index (χ1v) is 9.27. The highest BCUT2D eigenvalue weighted by Gasteiger charge is 2.16. The van der Waals surface area contributed by atoms with Crippen LogP contribution in [0.2, 0.25) is 5.02 Å². The summed E-state index contributed by atoms with van der Waals surface area (Å²) in [5.74, 6) is 1.07. The van der Waals surface area contributed by atoms with Crippen molar-refractivity contribution in [2.24, 2.45) is 0 Å². The Morgan fingerprint density at radius 2 is 1.73 bits per heavy atom. The van der Waals surface area contributed by atoms with Gasteiger partial charge in [0.2, 0.25) is 11.8 Å². The van der Waals surface area contributed by atoms with Gasteiger partial charge in [-0.1, -0.05) is 11.6 Å². The zero-order chi connectivity index (χ0) is 18.5. The van der Waals surface area contributed by atoms with Crippen LogP contribution in [0, 0.1) is 0 Å². The minimum absolute atomic E-state index is 0.124. The van der Waals surface area contributed by atoms with E-state index in [0.717, 1.165) is 10.6 Å². The molecule has 0 fully saturated rings. The van der Waals surface area contributed by atoms with Crippen molar-refractivity contribution in [3.63, 3.8) is 0 Å². The monoisotopic (exact) mass is 392 g/mol. The predicted octanol–water partition coefficient (Wildman–Crippen LogP) is 3.80. The Bertz CT molecular complexity index is 827. The molecule has 136 valence electrons. The molecule has 6 nitrogen and oxygen atoms in total. The van der Waals surface area contributed by atoms with Gasteiger partial charge >= 0.3 is 0 Å². The van der Waals surface area contributed by atoms with Gasteiger partial charge in [-0.15, -0.1) is 11.8 Å². The van der Waals surface area contributed by atoms with Crippen LogP contribution in [0.3, 0.4) is 0 Å². The standard InChI is InChI=1S/C18H17ClN2O4S/c1-11(22)20-12-2-4-13(5-3-12)26-10-18(23)21-15-9-17-16(8-14(15)19)24-6-7-25-17/h2-5,8-9H,6-7,10H2,1H3,(H,20,22)(H,21,23). The van der Waals surface area contributed by atoms with E-state index < -0.39 is 0 Å². The second-order valence-electron chi connectivity index (χ2n) is 5.52. The molecule has 3 rings (SSSR count). The first-order chi connectivity index (χ1) is 12.5. The Morgan fingerprint density at radius 1 is 1.08 bits per heavy atom. The SMILES string of the molecule is CC(=O)Nc1ccc(SCC(=O)Nc2cc3c(cc2Cl)OCCO3)cc1. The topological polar surface area (TPSA) is 76.7 Å². The Balaban J connectivity index is 1.56. The number of carbonyl (C=O) groups excluding carboxylic acids is 2.